The number of aromatic nitrogens is 3. The van der Waals surface area contributed by atoms with Gasteiger partial charge in [-0.1, -0.05) is 12.8 Å². The first kappa shape index (κ1) is 9.16. The van der Waals surface area contributed by atoms with E-state index in [1.54, 1.807) is 4.68 Å². The van der Waals surface area contributed by atoms with E-state index in [0.717, 1.165) is 25.7 Å². The van der Waals surface area contributed by atoms with Gasteiger partial charge < -0.3 is 5.11 Å². The van der Waals surface area contributed by atoms with Gasteiger partial charge in [-0.05, 0) is 12.8 Å². The van der Waals surface area contributed by atoms with Gasteiger partial charge in [0.05, 0.1) is 12.1 Å². The number of hydrogen-bond donors (Lipinski definition) is 1. The van der Waals surface area contributed by atoms with Gasteiger partial charge in [-0.3, -0.25) is 0 Å². The highest BCUT2D eigenvalue weighted by molar-refractivity contribution is 5.05. The summed E-state index contributed by atoms with van der Waals surface area (Å²) in [6.45, 7) is 0. The number of aliphatic hydroxyl groups is 1. The number of hydrogen-bond acceptors (Lipinski definition) is 4. The molecule has 1 aromatic rings. The third-order valence-corrected chi connectivity index (χ3v) is 2.64. The lowest BCUT2D eigenvalue weighted by molar-refractivity contribution is 0.0692. The molecule has 2 rings (SSSR count). The number of rotatable bonds is 1. The first-order chi connectivity index (χ1) is 6.81. The van der Waals surface area contributed by atoms with Gasteiger partial charge in [-0.25, -0.2) is 9.67 Å². The quantitative estimate of drug-likeness (QED) is 0.708. The lowest BCUT2D eigenvalue weighted by Crippen LogP contribution is -2.27. The summed E-state index contributed by atoms with van der Waals surface area (Å²) >= 11 is 0. The molecule has 1 heterocycles. The van der Waals surface area contributed by atoms with Gasteiger partial charge in [-0.2, -0.15) is 5.26 Å². The molecule has 0 aliphatic heterocycles. The van der Waals surface area contributed by atoms with Gasteiger partial charge in [0, 0.05) is 0 Å². The Bertz CT molecular complexity index is 354. The summed E-state index contributed by atoms with van der Waals surface area (Å²) in [6.07, 6.45) is 5.07. The van der Waals surface area contributed by atoms with Crippen LogP contribution in [0.2, 0.25) is 0 Å². The van der Waals surface area contributed by atoms with Crippen molar-refractivity contribution in [1.82, 2.24) is 14.8 Å². The summed E-state index contributed by atoms with van der Waals surface area (Å²) in [4.78, 5) is 3.82. The Kier molecular flexibility index (Phi) is 2.46. The standard InChI is InChI=1S/C9H12N4O/c10-5-9-11-6-13(12-9)7-3-1-2-4-8(7)14/h6-8,14H,1-4H2/t7-,8-/m0/s1. The van der Waals surface area contributed by atoms with Gasteiger partial charge in [-0.15, -0.1) is 5.10 Å². The molecule has 14 heavy (non-hydrogen) atoms. The van der Waals surface area contributed by atoms with Crippen LogP contribution in [0.1, 0.15) is 37.5 Å². The maximum Gasteiger partial charge on any atom is 0.252 e. The van der Waals surface area contributed by atoms with Gasteiger partial charge in [0.25, 0.3) is 5.82 Å². The van der Waals surface area contributed by atoms with Crippen molar-refractivity contribution < 1.29 is 5.11 Å². The molecule has 0 bridgehead atoms. The van der Waals surface area contributed by atoms with Crippen LogP contribution in [0.3, 0.4) is 0 Å². The summed E-state index contributed by atoms with van der Waals surface area (Å²) in [7, 11) is 0. The Morgan fingerprint density at radius 3 is 2.93 bits per heavy atom. The molecular weight excluding hydrogens is 180 g/mol. The summed E-state index contributed by atoms with van der Waals surface area (Å²) in [5, 5.41) is 22.3. The van der Waals surface area contributed by atoms with Crippen LogP contribution in [0.25, 0.3) is 0 Å². The number of nitriles is 1. The molecule has 74 valence electrons. The molecule has 1 saturated carbocycles. The second-order valence-corrected chi connectivity index (χ2v) is 3.58. The first-order valence-electron chi connectivity index (χ1n) is 4.80. The van der Waals surface area contributed by atoms with Crippen molar-refractivity contribution in [3.8, 4) is 6.07 Å². The smallest absolute Gasteiger partial charge is 0.252 e. The van der Waals surface area contributed by atoms with Crippen molar-refractivity contribution >= 4 is 0 Å². The number of aliphatic hydroxyl groups excluding tert-OH is 1. The Labute approximate surface area is 82.0 Å². The molecule has 0 aromatic carbocycles. The van der Waals surface area contributed by atoms with Crippen LogP contribution >= 0.6 is 0 Å². The van der Waals surface area contributed by atoms with E-state index in [-0.39, 0.29) is 18.0 Å². The van der Waals surface area contributed by atoms with E-state index in [1.807, 2.05) is 6.07 Å². The lowest BCUT2D eigenvalue weighted by Gasteiger charge is -2.27. The summed E-state index contributed by atoms with van der Waals surface area (Å²) in [5.74, 6) is 0.169. The van der Waals surface area contributed by atoms with E-state index in [0.29, 0.717) is 0 Å². The fourth-order valence-corrected chi connectivity index (χ4v) is 1.89. The minimum Gasteiger partial charge on any atom is -0.391 e. The van der Waals surface area contributed by atoms with Gasteiger partial charge in [0.2, 0.25) is 0 Å². The van der Waals surface area contributed by atoms with Crippen LogP contribution < -0.4 is 0 Å². The number of nitrogens with zero attached hydrogens (tertiary/aromatic N) is 4. The van der Waals surface area contributed by atoms with Crippen LogP contribution in [0.4, 0.5) is 0 Å². The highest BCUT2D eigenvalue weighted by Crippen LogP contribution is 2.27. The summed E-state index contributed by atoms with van der Waals surface area (Å²) in [6, 6.07) is 1.88. The van der Waals surface area contributed by atoms with E-state index in [2.05, 4.69) is 10.1 Å². The summed E-state index contributed by atoms with van der Waals surface area (Å²) < 4.78 is 1.61. The maximum absolute atomic E-state index is 9.73. The molecule has 0 amide bonds. The summed E-state index contributed by atoms with van der Waals surface area (Å²) in [5.41, 5.74) is 0. The third-order valence-electron chi connectivity index (χ3n) is 2.64. The molecule has 1 aromatic heterocycles. The SMILES string of the molecule is N#Cc1ncn([C@H]2CCCC[C@@H]2O)n1. The second kappa shape index (κ2) is 3.76. The molecule has 5 nitrogen and oxygen atoms in total. The average molecular weight is 192 g/mol. The topological polar surface area (TPSA) is 74.7 Å². The molecule has 5 heteroatoms. The van der Waals surface area contributed by atoms with Crippen LogP contribution in [-0.2, 0) is 0 Å². The Balaban J connectivity index is 2.17. The predicted molar refractivity (Wildman–Crippen MR) is 48.2 cm³/mol. The molecule has 1 fully saturated rings. The van der Waals surface area contributed by atoms with Crippen LogP contribution in [0, 0.1) is 11.3 Å². The highest BCUT2D eigenvalue weighted by atomic mass is 16.3. The van der Waals surface area contributed by atoms with Crippen molar-refractivity contribution in [1.29, 1.82) is 5.26 Å². The second-order valence-electron chi connectivity index (χ2n) is 3.58. The fraction of sp³-hybridized carbons (Fsp3) is 0.667. The highest BCUT2D eigenvalue weighted by Gasteiger charge is 2.25. The molecule has 0 unspecified atom stereocenters. The van der Waals surface area contributed by atoms with Crippen LogP contribution in [-0.4, -0.2) is 26.0 Å². The van der Waals surface area contributed by atoms with Crippen molar-refractivity contribution in [2.24, 2.45) is 0 Å². The zero-order chi connectivity index (χ0) is 9.97. The molecular formula is C9H12N4O. The molecule has 1 aliphatic carbocycles. The zero-order valence-electron chi connectivity index (χ0n) is 7.80. The fourth-order valence-electron chi connectivity index (χ4n) is 1.89. The molecule has 0 radical (unpaired) electrons. The van der Waals surface area contributed by atoms with E-state index in [1.165, 1.54) is 6.33 Å². The predicted octanol–water partition coefficient (Wildman–Crippen LogP) is 0.626. The Hall–Kier alpha value is -1.41. The minimum absolute atomic E-state index is 0.00153. The normalized spacial score (nSPS) is 27.1. The van der Waals surface area contributed by atoms with Crippen molar-refractivity contribution in [3.05, 3.63) is 12.2 Å². The van der Waals surface area contributed by atoms with E-state index < -0.39 is 0 Å². The van der Waals surface area contributed by atoms with Gasteiger partial charge >= 0.3 is 0 Å². The van der Waals surface area contributed by atoms with Crippen molar-refractivity contribution in [2.45, 2.75) is 37.8 Å². The monoisotopic (exact) mass is 192 g/mol. The third kappa shape index (κ3) is 1.61. The maximum atomic E-state index is 9.73. The zero-order valence-corrected chi connectivity index (χ0v) is 7.80. The lowest BCUT2D eigenvalue weighted by atomic mass is 9.93. The molecule has 0 spiro atoms. The van der Waals surface area contributed by atoms with Crippen molar-refractivity contribution in [3.63, 3.8) is 0 Å². The Morgan fingerprint density at radius 2 is 2.29 bits per heavy atom. The minimum atomic E-state index is -0.350. The van der Waals surface area contributed by atoms with Crippen LogP contribution in [0.15, 0.2) is 6.33 Å². The molecule has 0 saturated heterocycles. The molecule has 1 aliphatic rings. The van der Waals surface area contributed by atoms with Gasteiger partial charge in [0.1, 0.15) is 12.4 Å². The van der Waals surface area contributed by atoms with Crippen LogP contribution in [0.5, 0.6) is 0 Å². The van der Waals surface area contributed by atoms with E-state index in [4.69, 9.17) is 5.26 Å². The molecule has 2 atom stereocenters. The average Bonchev–Trinajstić information content (AvgIpc) is 2.67. The largest absolute Gasteiger partial charge is 0.391 e. The van der Waals surface area contributed by atoms with Gasteiger partial charge in [0.15, 0.2) is 0 Å². The van der Waals surface area contributed by atoms with E-state index in [9.17, 15) is 5.11 Å². The molecule has 1 N–H and O–H groups in total. The first-order valence-corrected chi connectivity index (χ1v) is 4.80. The Morgan fingerprint density at radius 1 is 1.50 bits per heavy atom. The van der Waals surface area contributed by atoms with E-state index >= 15 is 0 Å². The van der Waals surface area contributed by atoms with Crippen molar-refractivity contribution in [2.75, 3.05) is 0 Å².